The Morgan fingerprint density at radius 1 is 1.07 bits per heavy atom. The van der Waals surface area contributed by atoms with Crippen molar-refractivity contribution in [1.29, 1.82) is 0 Å². The van der Waals surface area contributed by atoms with Crippen LogP contribution in [0.4, 0.5) is 4.39 Å². The Kier molecular flexibility index (Phi) is 6.60. The molecule has 6 heterocycles. The second kappa shape index (κ2) is 10.6. The number of carbonyl (C=O) groups is 1. The van der Waals surface area contributed by atoms with Gasteiger partial charge in [-0.25, -0.2) is 9.37 Å². The number of hydrogen-bond donors (Lipinski definition) is 3. The number of pyridine rings is 3. The van der Waals surface area contributed by atoms with Crippen LogP contribution in [-0.4, -0.2) is 47.4 Å². The quantitative estimate of drug-likeness (QED) is 0.184. The van der Waals surface area contributed by atoms with Gasteiger partial charge in [0, 0.05) is 30.7 Å². The summed E-state index contributed by atoms with van der Waals surface area (Å²) in [6, 6.07) is 7.40. The van der Waals surface area contributed by atoms with E-state index in [0.29, 0.717) is 50.6 Å². The zero-order valence-electron chi connectivity index (χ0n) is 22.4. The molecule has 11 heteroatoms. The van der Waals surface area contributed by atoms with Crippen LogP contribution in [0.15, 0.2) is 49.1 Å². The summed E-state index contributed by atoms with van der Waals surface area (Å²) >= 11 is 1.37. The normalized spacial score (nSPS) is 14.0. The van der Waals surface area contributed by atoms with Crippen LogP contribution in [0.3, 0.4) is 0 Å². The van der Waals surface area contributed by atoms with Gasteiger partial charge in [-0.3, -0.25) is 24.8 Å². The van der Waals surface area contributed by atoms with Crippen molar-refractivity contribution in [1.82, 2.24) is 40.4 Å². The zero-order chi connectivity index (χ0) is 27.9. The molecule has 206 valence electrons. The molecule has 1 aliphatic carbocycles. The number of halogens is 1. The van der Waals surface area contributed by atoms with Crippen LogP contribution in [0.1, 0.15) is 47.8 Å². The number of hydrogen-bond acceptors (Lipinski definition) is 8. The van der Waals surface area contributed by atoms with E-state index < -0.39 is 5.82 Å². The molecule has 3 N–H and O–H groups in total. The Bertz CT molecular complexity index is 1900. The summed E-state index contributed by atoms with van der Waals surface area (Å²) in [6.07, 6.45) is 11.9. The molecular weight excluding hydrogens is 539 g/mol. The summed E-state index contributed by atoms with van der Waals surface area (Å²) in [6.45, 7) is 3.20. The lowest BCUT2D eigenvalue weighted by atomic mass is 10.1. The number of carbonyl (C=O) groups excluding carboxylic acids is 1. The van der Waals surface area contributed by atoms with Crippen LogP contribution < -0.4 is 5.32 Å². The lowest BCUT2D eigenvalue weighted by molar-refractivity contribution is 0.102. The molecule has 6 aromatic rings. The third kappa shape index (κ3) is 4.81. The van der Waals surface area contributed by atoms with Gasteiger partial charge in [0.25, 0.3) is 0 Å². The highest BCUT2D eigenvalue weighted by Crippen LogP contribution is 2.35. The number of rotatable bonds is 8. The molecule has 0 aromatic carbocycles. The fourth-order valence-corrected chi connectivity index (χ4v) is 6.48. The summed E-state index contributed by atoms with van der Waals surface area (Å²) in [4.78, 5) is 34.6. The van der Waals surface area contributed by atoms with Crippen molar-refractivity contribution in [3.8, 4) is 33.3 Å². The van der Waals surface area contributed by atoms with Gasteiger partial charge in [0.2, 0.25) is 0 Å². The first-order valence-corrected chi connectivity index (χ1v) is 14.5. The van der Waals surface area contributed by atoms with Crippen LogP contribution in [0.5, 0.6) is 0 Å². The number of nitrogens with zero attached hydrogens (tertiary/aromatic N) is 5. The van der Waals surface area contributed by atoms with Crippen molar-refractivity contribution in [2.24, 2.45) is 5.92 Å². The minimum absolute atomic E-state index is 0.0000902. The van der Waals surface area contributed by atoms with Crippen molar-refractivity contribution in [2.45, 2.75) is 39.2 Å². The third-order valence-electron chi connectivity index (χ3n) is 7.66. The number of Topliss-reactive ketones (excluding diaryl/α,β-unsaturated/α-hetero) is 1. The highest BCUT2D eigenvalue weighted by atomic mass is 32.1. The lowest BCUT2D eigenvalue weighted by Gasteiger charge is -2.11. The molecule has 0 bridgehead atoms. The first-order valence-electron chi connectivity index (χ1n) is 13.7. The molecular formula is C30H27FN8OS. The molecule has 0 saturated heterocycles. The molecule has 1 aliphatic rings. The molecule has 1 saturated carbocycles. The van der Waals surface area contributed by atoms with E-state index in [1.807, 2.05) is 18.2 Å². The number of aromatic nitrogens is 7. The van der Waals surface area contributed by atoms with E-state index in [-0.39, 0.29) is 11.5 Å². The first kappa shape index (κ1) is 25.6. The molecule has 7 rings (SSSR count). The van der Waals surface area contributed by atoms with E-state index in [2.05, 4.69) is 35.5 Å². The van der Waals surface area contributed by atoms with E-state index in [0.717, 1.165) is 28.4 Å². The second-order valence-electron chi connectivity index (χ2n) is 10.5. The van der Waals surface area contributed by atoms with E-state index in [1.165, 1.54) is 43.9 Å². The van der Waals surface area contributed by atoms with Crippen LogP contribution in [0, 0.1) is 11.7 Å². The van der Waals surface area contributed by atoms with E-state index in [4.69, 9.17) is 4.98 Å². The van der Waals surface area contributed by atoms with Crippen molar-refractivity contribution in [3.63, 3.8) is 0 Å². The lowest BCUT2D eigenvalue weighted by Crippen LogP contribution is -2.20. The molecule has 0 amide bonds. The van der Waals surface area contributed by atoms with Gasteiger partial charge >= 0.3 is 0 Å². The molecule has 0 radical (unpaired) electrons. The fraction of sp³-hybridized carbons (Fsp3) is 0.267. The molecule has 0 atom stereocenters. The molecule has 0 spiro atoms. The minimum atomic E-state index is -0.493. The summed E-state index contributed by atoms with van der Waals surface area (Å²) in [7, 11) is 0. The second-order valence-corrected chi connectivity index (χ2v) is 11.6. The first-order chi connectivity index (χ1) is 20.0. The smallest absolute Gasteiger partial charge is 0.169 e. The van der Waals surface area contributed by atoms with Gasteiger partial charge in [-0.05, 0) is 62.1 Å². The number of imidazole rings is 1. The SMILES string of the molecule is CC(=O)c1ccc(-c2nccc3[nH]c(-c4n[nH]c5cnc(-c6cncc(CNCC7CCCC7)c6)c(F)c45)nc23)s1. The maximum absolute atomic E-state index is 16.2. The predicted molar refractivity (Wildman–Crippen MR) is 157 cm³/mol. The summed E-state index contributed by atoms with van der Waals surface area (Å²) in [5.74, 6) is 0.649. The van der Waals surface area contributed by atoms with Gasteiger partial charge in [0.15, 0.2) is 17.4 Å². The molecule has 1 fully saturated rings. The Morgan fingerprint density at radius 3 is 2.78 bits per heavy atom. The molecule has 6 aromatic heterocycles. The highest BCUT2D eigenvalue weighted by molar-refractivity contribution is 7.17. The summed E-state index contributed by atoms with van der Waals surface area (Å²) < 4.78 is 16.2. The largest absolute Gasteiger partial charge is 0.336 e. The maximum atomic E-state index is 16.2. The van der Waals surface area contributed by atoms with Crippen LogP contribution >= 0.6 is 11.3 Å². The molecule has 0 aliphatic heterocycles. The van der Waals surface area contributed by atoms with Crippen molar-refractivity contribution < 1.29 is 9.18 Å². The minimum Gasteiger partial charge on any atom is -0.336 e. The fourth-order valence-electron chi connectivity index (χ4n) is 5.58. The highest BCUT2D eigenvalue weighted by Gasteiger charge is 2.22. The maximum Gasteiger partial charge on any atom is 0.169 e. The average Bonchev–Trinajstić information content (AvgIpc) is 3.79. The van der Waals surface area contributed by atoms with Crippen molar-refractivity contribution >= 4 is 39.1 Å². The van der Waals surface area contributed by atoms with Gasteiger partial charge in [0.1, 0.15) is 22.6 Å². The molecule has 9 nitrogen and oxygen atoms in total. The average molecular weight is 567 g/mol. The van der Waals surface area contributed by atoms with Gasteiger partial charge in [-0.1, -0.05) is 12.8 Å². The third-order valence-corrected chi connectivity index (χ3v) is 8.85. The Labute approximate surface area is 238 Å². The number of nitrogens with one attached hydrogen (secondary N) is 3. The number of aromatic amines is 2. The number of fused-ring (bicyclic) bond motifs is 2. The number of ketones is 1. The van der Waals surface area contributed by atoms with Crippen molar-refractivity contribution in [2.75, 3.05) is 6.54 Å². The van der Waals surface area contributed by atoms with Gasteiger partial charge in [-0.2, -0.15) is 5.10 Å². The predicted octanol–water partition coefficient (Wildman–Crippen LogP) is 6.31. The molecule has 41 heavy (non-hydrogen) atoms. The monoisotopic (exact) mass is 566 g/mol. The van der Waals surface area contributed by atoms with Crippen LogP contribution in [0.25, 0.3) is 55.3 Å². The zero-order valence-corrected chi connectivity index (χ0v) is 23.2. The number of thiophene rings is 1. The Balaban J connectivity index is 1.23. The van der Waals surface area contributed by atoms with Gasteiger partial charge < -0.3 is 10.3 Å². The Morgan fingerprint density at radius 2 is 1.95 bits per heavy atom. The standard InChI is InChI=1S/C30H27FN8OS/c1-16(40)22-6-7-23(41-22)28-27-20(8-9-34-28)36-30(37-27)29-24-21(38-39-29)15-35-26(25(24)31)19-10-18(13-33-14-19)12-32-11-17-4-2-3-5-17/h6-10,13-15,17,32H,2-5,11-12H2,1H3,(H,36,37)(H,38,39). The summed E-state index contributed by atoms with van der Waals surface area (Å²) in [5.41, 5.74) is 4.60. The van der Waals surface area contributed by atoms with Crippen molar-refractivity contribution in [3.05, 3.63) is 65.3 Å². The van der Waals surface area contributed by atoms with E-state index in [9.17, 15) is 4.79 Å². The van der Waals surface area contributed by atoms with E-state index in [1.54, 1.807) is 30.9 Å². The van der Waals surface area contributed by atoms with E-state index >= 15 is 4.39 Å². The van der Waals surface area contributed by atoms with Crippen LogP contribution in [0.2, 0.25) is 0 Å². The van der Waals surface area contributed by atoms with Gasteiger partial charge in [0.05, 0.1) is 32.4 Å². The number of H-pyrrole nitrogens is 2. The molecule has 0 unspecified atom stereocenters. The topological polar surface area (TPSA) is 125 Å². The van der Waals surface area contributed by atoms with Gasteiger partial charge in [-0.15, -0.1) is 11.3 Å². The Hall–Kier alpha value is -4.35. The summed E-state index contributed by atoms with van der Waals surface area (Å²) in [5, 5.41) is 11.1. The van der Waals surface area contributed by atoms with Crippen LogP contribution in [-0.2, 0) is 6.54 Å².